The van der Waals surface area contributed by atoms with Crippen LogP contribution in [0.4, 0.5) is 0 Å². The van der Waals surface area contributed by atoms with Gasteiger partial charge in [0, 0.05) is 6.04 Å². The van der Waals surface area contributed by atoms with Crippen molar-refractivity contribution in [1.29, 1.82) is 0 Å². The molecule has 1 N–H and O–H groups in total. The van der Waals surface area contributed by atoms with Gasteiger partial charge in [-0.2, -0.15) is 0 Å². The van der Waals surface area contributed by atoms with Crippen LogP contribution in [0.1, 0.15) is 31.0 Å². The molecule has 0 aliphatic carbocycles. The first kappa shape index (κ1) is 15.3. The van der Waals surface area contributed by atoms with Crippen molar-refractivity contribution in [3.05, 3.63) is 71.8 Å². The Labute approximate surface area is 125 Å². The van der Waals surface area contributed by atoms with Crippen LogP contribution in [0.2, 0.25) is 0 Å². The van der Waals surface area contributed by atoms with E-state index >= 15 is 0 Å². The lowest BCUT2D eigenvalue weighted by Gasteiger charge is -2.34. The second-order valence-corrected chi connectivity index (χ2v) is 5.38. The van der Waals surface area contributed by atoms with Gasteiger partial charge in [-0.15, -0.1) is 0 Å². The number of carboxylic acid groups (broad SMARTS) is 1. The molecule has 0 amide bonds. The third kappa shape index (κ3) is 3.92. The molecule has 110 valence electrons. The molecule has 0 unspecified atom stereocenters. The van der Waals surface area contributed by atoms with Gasteiger partial charge in [0.1, 0.15) is 0 Å². The molecule has 0 bridgehead atoms. The summed E-state index contributed by atoms with van der Waals surface area (Å²) in [6.45, 7) is 4.08. The van der Waals surface area contributed by atoms with E-state index < -0.39 is 5.97 Å². The Bertz CT molecular complexity index is 527. The van der Waals surface area contributed by atoms with Crippen molar-refractivity contribution in [2.24, 2.45) is 0 Å². The number of nitrogens with zero attached hydrogens (tertiary/aromatic N) is 1. The first-order valence-corrected chi connectivity index (χ1v) is 7.17. The van der Waals surface area contributed by atoms with Crippen LogP contribution in [0.15, 0.2) is 60.7 Å². The van der Waals surface area contributed by atoms with E-state index in [1.807, 2.05) is 55.1 Å². The van der Waals surface area contributed by atoms with E-state index in [1.54, 1.807) is 0 Å². The highest BCUT2D eigenvalue weighted by molar-refractivity contribution is 5.69. The number of benzene rings is 2. The molecule has 0 saturated carbocycles. The Kier molecular flexibility index (Phi) is 5.12. The maximum Gasteiger partial charge on any atom is 0.317 e. The van der Waals surface area contributed by atoms with Crippen LogP contribution in [0.3, 0.4) is 0 Å². The molecule has 0 aliphatic rings. The van der Waals surface area contributed by atoms with Crippen LogP contribution >= 0.6 is 0 Å². The van der Waals surface area contributed by atoms with Gasteiger partial charge in [0.2, 0.25) is 0 Å². The zero-order chi connectivity index (χ0) is 15.2. The van der Waals surface area contributed by atoms with Crippen LogP contribution in [0.5, 0.6) is 0 Å². The SMILES string of the molecule is CC(C)N(CC(=O)O)C(c1ccccc1)c1ccccc1. The maximum absolute atomic E-state index is 11.2. The monoisotopic (exact) mass is 283 g/mol. The van der Waals surface area contributed by atoms with Crippen LogP contribution in [-0.4, -0.2) is 28.6 Å². The predicted octanol–water partition coefficient (Wildman–Crippen LogP) is 3.57. The summed E-state index contributed by atoms with van der Waals surface area (Å²) in [4.78, 5) is 13.2. The lowest BCUT2D eigenvalue weighted by atomic mass is 9.96. The van der Waals surface area contributed by atoms with Gasteiger partial charge in [0.15, 0.2) is 0 Å². The highest BCUT2D eigenvalue weighted by Gasteiger charge is 2.26. The second kappa shape index (κ2) is 7.04. The molecule has 21 heavy (non-hydrogen) atoms. The van der Waals surface area contributed by atoms with Gasteiger partial charge in [0.05, 0.1) is 12.6 Å². The number of hydrogen-bond donors (Lipinski definition) is 1. The fraction of sp³-hybridized carbons (Fsp3) is 0.278. The smallest absolute Gasteiger partial charge is 0.317 e. The number of carboxylic acids is 1. The van der Waals surface area contributed by atoms with E-state index in [9.17, 15) is 9.90 Å². The van der Waals surface area contributed by atoms with Gasteiger partial charge in [-0.25, -0.2) is 0 Å². The molecular formula is C18H21NO2. The van der Waals surface area contributed by atoms with Crippen molar-refractivity contribution < 1.29 is 9.90 Å². The lowest BCUT2D eigenvalue weighted by Crippen LogP contribution is -2.39. The van der Waals surface area contributed by atoms with Crippen LogP contribution in [-0.2, 0) is 4.79 Å². The Morgan fingerprint density at radius 3 is 1.71 bits per heavy atom. The van der Waals surface area contributed by atoms with Crippen molar-refractivity contribution in [2.45, 2.75) is 25.9 Å². The summed E-state index contributed by atoms with van der Waals surface area (Å²) in [5.41, 5.74) is 2.22. The average Bonchev–Trinajstić information content (AvgIpc) is 2.48. The molecule has 3 heteroatoms. The summed E-state index contributed by atoms with van der Waals surface area (Å²) in [6.07, 6.45) is 0. The first-order valence-electron chi connectivity index (χ1n) is 7.17. The summed E-state index contributed by atoms with van der Waals surface area (Å²) in [5, 5.41) is 9.23. The molecule has 3 nitrogen and oxygen atoms in total. The molecule has 2 rings (SSSR count). The molecule has 2 aromatic carbocycles. The molecule has 2 aromatic rings. The number of aliphatic carboxylic acids is 1. The quantitative estimate of drug-likeness (QED) is 0.881. The molecule has 0 saturated heterocycles. The van der Waals surface area contributed by atoms with Crippen LogP contribution in [0, 0.1) is 0 Å². The Morgan fingerprint density at radius 1 is 0.952 bits per heavy atom. The van der Waals surface area contributed by atoms with E-state index in [1.165, 1.54) is 0 Å². The van der Waals surface area contributed by atoms with Gasteiger partial charge < -0.3 is 5.11 Å². The Balaban J connectivity index is 2.47. The van der Waals surface area contributed by atoms with E-state index in [4.69, 9.17) is 0 Å². The summed E-state index contributed by atoms with van der Waals surface area (Å²) in [5.74, 6) is -0.805. The fourth-order valence-electron chi connectivity index (χ4n) is 2.57. The van der Waals surface area contributed by atoms with Crippen LogP contribution in [0.25, 0.3) is 0 Å². The molecule has 0 spiro atoms. The van der Waals surface area contributed by atoms with E-state index in [0.29, 0.717) is 0 Å². The predicted molar refractivity (Wildman–Crippen MR) is 84.2 cm³/mol. The fourth-order valence-corrected chi connectivity index (χ4v) is 2.57. The van der Waals surface area contributed by atoms with E-state index in [-0.39, 0.29) is 18.6 Å². The highest BCUT2D eigenvalue weighted by Crippen LogP contribution is 2.29. The van der Waals surface area contributed by atoms with Crippen molar-refractivity contribution in [3.8, 4) is 0 Å². The van der Waals surface area contributed by atoms with Gasteiger partial charge in [-0.3, -0.25) is 9.69 Å². The number of carbonyl (C=O) groups is 1. The highest BCUT2D eigenvalue weighted by atomic mass is 16.4. The largest absolute Gasteiger partial charge is 0.480 e. The summed E-state index contributed by atoms with van der Waals surface area (Å²) >= 11 is 0. The van der Waals surface area contributed by atoms with Gasteiger partial charge in [0.25, 0.3) is 0 Å². The van der Waals surface area contributed by atoms with Crippen molar-refractivity contribution in [1.82, 2.24) is 4.90 Å². The number of rotatable bonds is 6. The average molecular weight is 283 g/mol. The normalized spacial score (nSPS) is 11.3. The van der Waals surface area contributed by atoms with Crippen LogP contribution < -0.4 is 0 Å². The Morgan fingerprint density at radius 2 is 1.38 bits per heavy atom. The molecular weight excluding hydrogens is 262 g/mol. The standard InChI is InChI=1S/C18H21NO2/c1-14(2)19(13-17(20)21)18(15-9-5-3-6-10-15)16-11-7-4-8-12-16/h3-12,14,18H,13H2,1-2H3,(H,20,21). The third-order valence-corrected chi connectivity index (χ3v) is 3.54. The summed E-state index contributed by atoms with van der Waals surface area (Å²) < 4.78 is 0. The second-order valence-electron chi connectivity index (χ2n) is 5.38. The Hall–Kier alpha value is -2.13. The van der Waals surface area contributed by atoms with Crippen molar-refractivity contribution >= 4 is 5.97 Å². The topological polar surface area (TPSA) is 40.5 Å². The third-order valence-electron chi connectivity index (χ3n) is 3.54. The maximum atomic E-state index is 11.2. The minimum Gasteiger partial charge on any atom is -0.480 e. The zero-order valence-corrected chi connectivity index (χ0v) is 12.4. The van der Waals surface area contributed by atoms with E-state index in [2.05, 4.69) is 24.3 Å². The summed E-state index contributed by atoms with van der Waals surface area (Å²) in [7, 11) is 0. The minimum absolute atomic E-state index is 0.0200. The zero-order valence-electron chi connectivity index (χ0n) is 12.4. The molecule has 0 aliphatic heterocycles. The van der Waals surface area contributed by atoms with Crippen molar-refractivity contribution in [3.63, 3.8) is 0 Å². The van der Waals surface area contributed by atoms with Crippen molar-refractivity contribution in [2.75, 3.05) is 6.54 Å². The van der Waals surface area contributed by atoms with Gasteiger partial charge >= 0.3 is 5.97 Å². The number of hydrogen-bond acceptors (Lipinski definition) is 2. The lowest BCUT2D eigenvalue weighted by molar-refractivity contribution is -0.139. The minimum atomic E-state index is -0.805. The molecule has 0 heterocycles. The molecule has 0 atom stereocenters. The molecule has 0 aromatic heterocycles. The van der Waals surface area contributed by atoms with Gasteiger partial charge in [-0.1, -0.05) is 60.7 Å². The first-order chi connectivity index (χ1) is 10.1. The molecule has 0 fully saturated rings. The summed E-state index contributed by atoms with van der Waals surface area (Å²) in [6, 6.07) is 20.2. The molecule has 0 radical (unpaired) electrons. The van der Waals surface area contributed by atoms with E-state index in [0.717, 1.165) is 11.1 Å². The van der Waals surface area contributed by atoms with Gasteiger partial charge in [-0.05, 0) is 25.0 Å².